The van der Waals surface area contributed by atoms with Crippen molar-refractivity contribution in [1.82, 2.24) is 14.5 Å². The molecule has 1 aromatic heterocycles. The van der Waals surface area contributed by atoms with E-state index in [0.717, 1.165) is 5.69 Å². The van der Waals surface area contributed by atoms with Gasteiger partial charge in [-0.3, -0.25) is 14.7 Å². The van der Waals surface area contributed by atoms with Crippen molar-refractivity contribution in [1.29, 1.82) is 0 Å². The fourth-order valence-corrected chi connectivity index (χ4v) is 2.70. The van der Waals surface area contributed by atoms with Gasteiger partial charge in [0.25, 0.3) is 0 Å². The number of aliphatic carboxylic acids is 1. The van der Waals surface area contributed by atoms with Crippen LogP contribution >= 0.6 is 0 Å². The maximum Gasteiger partial charge on any atom is 0.324 e. The van der Waals surface area contributed by atoms with Crippen LogP contribution < -0.4 is 5.32 Å². The number of aromatic nitrogens is 2. The molecule has 0 unspecified atom stereocenters. The predicted molar refractivity (Wildman–Crippen MR) is 84.5 cm³/mol. The van der Waals surface area contributed by atoms with Crippen LogP contribution in [0.2, 0.25) is 0 Å². The van der Waals surface area contributed by atoms with Gasteiger partial charge in [0.1, 0.15) is 0 Å². The summed E-state index contributed by atoms with van der Waals surface area (Å²) in [5, 5.41) is 11.8. The van der Waals surface area contributed by atoms with E-state index in [-0.39, 0.29) is 11.9 Å². The lowest BCUT2D eigenvalue weighted by Gasteiger charge is -2.30. The molecule has 7 nitrogen and oxygen atoms in total. The Hall–Kier alpha value is -2.83. The molecule has 0 atom stereocenters. The summed E-state index contributed by atoms with van der Waals surface area (Å²) in [6, 6.07) is 9.35. The lowest BCUT2D eigenvalue weighted by Crippen LogP contribution is -2.42. The van der Waals surface area contributed by atoms with Crippen LogP contribution in [0, 0.1) is 5.92 Å². The molecule has 2 aromatic rings. The van der Waals surface area contributed by atoms with Gasteiger partial charge in [-0.2, -0.15) is 0 Å². The molecule has 2 N–H and O–H groups in total. The van der Waals surface area contributed by atoms with Crippen LogP contribution in [-0.4, -0.2) is 44.6 Å². The zero-order valence-electron chi connectivity index (χ0n) is 12.6. The molecule has 1 aliphatic rings. The first-order valence-corrected chi connectivity index (χ1v) is 7.52. The van der Waals surface area contributed by atoms with Gasteiger partial charge in [-0.1, -0.05) is 18.2 Å². The smallest absolute Gasteiger partial charge is 0.324 e. The second-order valence-corrected chi connectivity index (χ2v) is 5.49. The minimum atomic E-state index is -0.787. The first-order chi connectivity index (χ1) is 11.1. The Morgan fingerprint density at radius 2 is 1.87 bits per heavy atom. The highest BCUT2D eigenvalue weighted by molar-refractivity contribution is 5.88. The molecule has 0 bridgehead atoms. The number of carboxylic acids is 1. The van der Waals surface area contributed by atoms with Crippen LogP contribution in [0.5, 0.6) is 0 Å². The van der Waals surface area contributed by atoms with E-state index in [0.29, 0.717) is 31.9 Å². The molecule has 1 saturated heterocycles. The Balaban J connectivity index is 1.66. The van der Waals surface area contributed by atoms with E-state index >= 15 is 0 Å². The number of imidazole rings is 1. The fourth-order valence-electron chi connectivity index (χ4n) is 2.70. The van der Waals surface area contributed by atoms with Gasteiger partial charge >= 0.3 is 12.0 Å². The number of anilines is 1. The molecular formula is C16H18N4O3. The maximum atomic E-state index is 12.3. The Kier molecular flexibility index (Phi) is 4.27. The number of hydrogen-bond donors (Lipinski definition) is 2. The number of carbonyl (C=O) groups is 2. The maximum absolute atomic E-state index is 12.3. The molecule has 120 valence electrons. The van der Waals surface area contributed by atoms with Crippen molar-refractivity contribution in [2.45, 2.75) is 12.8 Å². The molecule has 0 spiro atoms. The number of benzene rings is 1. The number of amides is 2. The van der Waals surface area contributed by atoms with Crippen LogP contribution in [0.25, 0.3) is 5.69 Å². The standard InChI is InChI=1S/C16H18N4O3/c21-14(22)12-6-9-19(10-7-12)16(23)18-15-17-8-11-20(15)13-4-2-1-3-5-13/h1-5,8,11-12H,6-7,9-10H2,(H,21,22)(H,17,18,23). The van der Waals surface area contributed by atoms with Gasteiger partial charge in [0.15, 0.2) is 0 Å². The summed E-state index contributed by atoms with van der Waals surface area (Å²) in [5.74, 6) is -0.698. The summed E-state index contributed by atoms with van der Waals surface area (Å²) in [6.45, 7) is 0.879. The average molecular weight is 314 g/mol. The van der Waals surface area contributed by atoms with E-state index in [9.17, 15) is 9.59 Å². The summed E-state index contributed by atoms with van der Waals surface area (Å²) < 4.78 is 1.79. The third-order valence-electron chi connectivity index (χ3n) is 4.03. The number of urea groups is 1. The molecule has 0 radical (unpaired) electrons. The molecular weight excluding hydrogens is 296 g/mol. The summed E-state index contributed by atoms with van der Waals surface area (Å²) in [4.78, 5) is 29.1. The van der Waals surface area contributed by atoms with Gasteiger partial charge in [-0.25, -0.2) is 9.78 Å². The highest BCUT2D eigenvalue weighted by Gasteiger charge is 2.27. The molecule has 23 heavy (non-hydrogen) atoms. The van der Waals surface area contributed by atoms with Crippen LogP contribution in [-0.2, 0) is 4.79 Å². The van der Waals surface area contributed by atoms with Crippen LogP contribution in [0.15, 0.2) is 42.7 Å². The predicted octanol–water partition coefficient (Wildman–Crippen LogP) is 2.20. The zero-order chi connectivity index (χ0) is 16.2. The fraction of sp³-hybridized carbons (Fsp3) is 0.312. The van der Waals surface area contributed by atoms with E-state index in [2.05, 4.69) is 10.3 Å². The molecule has 2 amide bonds. The zero-order valence-corrected chi connectivity index (χ0v) is 12.6. The lowest BCUT2D eigenvalue weighted by atomic mass is 9.97. The van der Waals surface area contributed by atoms with Crippen molar-refractivity contribution in [3.63, 3.8) is 0 Å². The van der Waals surface area contributed by atoms with E-state index < -0.39 is 5.97 Å². The molecule has 0 saturated carbocycles. The number of piperidine rings is 1. The summed E-state index contributed by atoms with van der Waals surface area (Å²) >= 11 is 0. The van der Waals surface area contributed by atoms with Crippen molar-refractivity contribution < 1.29 is 14.7 Å². The van der Waals surface area contributed by atoms with Crippen LogP contribution in [0.1, 0.15) is 12.8 Å². The number of carboxylic acid groups (broad SMARTS) is 1. The molecule has 1 aliphatic heterocycles. The first-order valence-electron chi connectivity index (χ1n) is 7.52. The SMILES string of the molecule is O=C(O)C1CCN(C(=O)Nc2nccn2-c2ccccc2)CC1. The number of rotatable bonds is 3. The van der Waals surface area contributed by atoms with Crippen molar-refractivity contribution >= 4 is 17.9 Å². The molecule has 7 heteroatoms. The van der Waals surface area contributed by atoms with Gasteiger partial charge in [-0.15, -0.1) is 0 Å². The Bertz CT molecular complexity index is 690. The van der Waals surface area contributed by atoms with E-state index in [4.69, 9.17) is 5.11 Å². The number of para-hydroxylation sites is 1. The first kappa shape index (κ1) is 15.1. The topological polar surface area (TPSA) is 87.5 Å². The highest BCUT2D eigenvalue weighted by Crippen LogP contribution is 2.19. The molecule has 1 aromatic carbocycles. The highest BCUT2D eigenvalue weighted by atomic mass is 16.4. The van der Waals surface area contributed by atoms with Crippen LogP contribution in [0.4, 0.5) is 10.7 Å². The molecule has 0 aliphatic carbocycles. The van der Waals surface area contributed by atoms with E-state index in [1.807, 2.05) is 30.3 Å². The van der Waals surface area contributed by atoms with E-state index in [1.54, 1.807) is 21.9 Å². The lowest BCUT2D eigenvalue weighted by molar-refractivity contribution is -0.143. The third-order valence-corrected chi connectivity index (χ3v) is 4.03. The molecule has 3 rings (SSSR count). The Morgan fingerprint density at radius 3 is 2.52 bits per heavy atom. The second kappa shape index (κ2) is 6.51. The largest absolute Gasteiger partial charge is 0.481 e. The number of nitrogens with zero attached hydrogens (tertiary/aromatic N) is 3. The third kappa shape index (κ3) is 3.33. The number of nitrogens with one attached hydrogen (secondary N) is 1. The summed E-state index contributed by atoms with van der Waals surface area (Å²) in [7, 11) is 0. The molecule has 1 fully saturated rings. The Labute approximate surface area is 133 Å². The van der Waals surface area contributed by atoms with Gasteiger partial charge in [0.2, 0.25) is 5.95 Å². The van der Waals surface area contributed by atoms with Crippen molar-refractivity contribution in [3.8, 4) is 5.69 Å². The van der Waals surface area contributed by atoms with Gasteiger partial charge in [0, 0.05) is 31.2 Å². The van der Waals surface area contributed by atoms with Gasteiger partial charge < -0.3 is 10.0 Å². The van der Waals surface area contributed by atoms with Crippen LogP contribution in [0.3, 0.4) is 0 Å². The second-order valence-electron chi connectivity index (χ2n) is 5.49. The van der Waals surface area contributed by atoms with Gasteiger partial charge in [0.05, 0.1) is 5.92 Å². The number of carbonyl (C=O) groups excluding carboxylic acids is 1. The van der Waals surface area contributed by atoms with Crippen molar-refractivity contribution in [3.05, 3.63) is 42.7 Å². The normalized spacial score (nSPS) is 15.4. The quantitative estimate of drug-likeness (QED) is 0.909. The minimum Gasteiger partial charge on any atom is -0.481 e. The number of likely N-dealkylation sites (tertiary alicyclic amines) is 1. The monoisotopic (exact) mass is 314 g/mol. The van der Waals surface area contributed by atoms with Gasteiger partial charge in [-0.05, 0) is 25.0 Å². The average Bonchev–Trinajstić information content (AvgIpc) is 3.04. The summed E-state index contributed by atoms with van der Waals surface area (Å²) in [5.41, 5.74) is 0.907. The Morgan fingerprint density at radius 1 is 1.17 bits per heavy atom. The van der Waals surface area contributed by atoms with E-state index in [1.165, 1.54) is 0 Å². The van der Waals surface area contributed by atoms with Crippen molar-refractivity contribution in [2.75, 3.05) is 18.4 Å². The summed E-state index contributed by atoms with van der Waals surface area (Å²) in [6.07, 6.45) is 4.37. The minimum absolute atomic E-state index is 0.253. The molecule has 2 heterocycles. The van der Waals surface area contributed by atoms with Crippen molar-refractivity contribution in [2.24, 2.45) is 5.92 Å². The number of hydrogen-bond acceptors (Lipinski definition) is 3.